The zero-order valence-corrected chi connectivity index (χ0v) is 15.4. The molecule has 142 valence electrons. The summed E-state index contributed by atoms with van der Waals surface area (Å²) >= 11 is 0. The number of nitrogens with one attached hydrogen (secondary N) is 1. The number of hydrogen-bond donors (Lipinski definition) is 1. The number of aromatic nitrogens is 4. The summed E-state index contributed by atoms with van der Waals surface area (Å²) in [5.41, 5.74) is 1.71. The van der Waals surface area contributed by atoms with Crippen molar-refractivity contribution in [2.45, 2.75) is 33.2 Å². The molecule has 3 heterocycles. The molecule has 7 nitrogen and oxygen atoms in total. The van der Waals surface area contributed by atoms with Crippen LogP contribution in [0.25, 0.3) is 22.2 Å². The number of alkyl halides is 2. The molecule has 3 rings (SSSR count). The molecule has 0 aliphatic heterocycles. The Labute approximate surface area is 154 Å². The Morgan fingerprint density at radius 1 is 1.33 bits per heavy atom. The number of methoxy groups -OCH3 is 1. The molecule has 0 fully saturated rings. The van der Waals surface area contributed by atoms with Gasteiger partial charge in [-0.25, -0.2) is 9.97 Å². The minimum absolute atomic E-state index is 0.0464. The van der Waals surface area contributed by atoms with Crippen molar-refractivity contribution in [3.05, 3.63) is 30.4 Å². The number of pyridine rings is 1. The summed E-state index contributed by atoms with van der Waals surface area (Å²) in [4.78, 5) is 23.4. The van der Waals surface area contributed by atoms with E-state index < -0.39 is 11.7 Å². The summed E-state index contributed by atoms with van der Waals surface area (Å²) in [5, 5.41) is 3.35. The molecule has 0 bridgehead atoms. The summed E-state index contributed by atoms with van der Waals surface area (Å²) in [7, 11) is 1.36. The summed E-state index contributed by atoms with van der Waals surface area (Å²) < 4.78 is 34.6. The minimum Gasteiger partial charge on any atom is -0.481 e. The number of anilines is 1. The SMILES string of the molecule is CCn1cc(-c2cc(OC)nc(C(C)(F)F)n2)c2cc(NC(C)=O)ncc21. The predicted molar refractivity (Wildman–Crippen MR) is 96.9 cm³/mol. The molecule has 0 saturated heterocycles. The molecule has 0 unspecified atom stereocenters. The summed E-state index contributed by atoms with van der Waals surface area (Å²) in [6.45, 7) is 4.72. The van der Waals surface area contributed by atoms with Gasteiger partial charge in [0.05, 0.1) is 24.5 Å². The molecule has 0 radical (unpaired) electrons. The summed E-state index contributed by atoms with van der Waals surface area (Å²) in [6, 6.07) is 3.19. The monoisotopic (exact) mass is 375 g/mol. The molecule has 3 aromatic rings. The van der Waals surface area contributed by atoms with Crippen LogP contribution in [0.4, 0.5) is 14.6 Å². The van der Waals surface area contributed by atoms with Gasteiger partial charge in [0.2, 0.25) is 17.6 Å². The van der Waals surface area contributed by atoms with Crippen LogP contribution < -0.4 is 10.1 Å². The van der Waals surface area contributed by atoms with Gasteiger partial charge in [-0.3, -0.25) is 4.79 Å². The van der Waals surface area contributed by atoms with E-state index >= 15 is 0 Å². The number of hydrogen-bond acceptors (Lipinski definition) is 5. The van der Waals surface area contributed by atoms with Crippen LogP contribution in [0.3, 0.4) is 0 Å². The maximum absolute atomic E-state index is 13.8. The fourth-order valence-electron chi connectivity index (χ4n) is 2.77. The first-order chi connectivity index (χ1) is 12.7. The van der Waals surface area contributed by atoms with Crippen molar-refractivity contribution in [1.29, 1.82) is 0 Å². The van der Waals surface area contributed by atoms with E-state index in [9.17, 15) is 13.6 Å². The van der Waals surface area contributed by atoms with Gasteiger partial charge in [-0.15, -0.1) is 0 Å². The fraction of sp³-hybridized carbons (Fsp3) is 0.333. The van der Waals surface area contributed by atoms with Gasteiger partial charge in [0.1, 0.15) is 5.82 Å². The number of aryl methyl sites for hydroxylation is 1. The van der Waals surface area contributed by atoms with Crippen molar-refractivity contribution in [2.75, 3.05) is 12.4 Å². The summed E-state index contributed by atoms with van der Waals surface area (Å²) in [5.74, 6) is -3.67. The van der Waals surface area contributed by atoms with Crippen LogP contribution in [-0.4, -0.2) is 32.5 Å². The van der Waals surface area contributed by atoms with Crippen LogP contribution in [0.15, 0.2) is 24.5 Å². The average molecular weight is 375 g/mol. The zero-order valence-electron chi connectivity index (χ0n) is 15.4. The molecule has 0 aliphatic rings. The van der Waals surface area contributed by atoms with Crippen LogP contribution in [0.1, 0.15) is 26.6 Å². The van der Waals surface area contributed by atoms with Crippen molar-refractivity contribution in [2.24, 2.45) is 0 Å². The first-order valence-corrected chi connectivity index (χ1v) is 8.31. The molecular weight excluding hydrogens is 356 g/mol. The van der Waals surface area contributed by atoms with Crippen LogP contribution in [0, 0.1) is 0 Å². The normalized spacial score (nSPS) is 11.6. The molecule has 3 aromatic heterocycles. The van der Waals surface area contributed by atoms with Crippen LogP contribution in [0.5, 0.6) is 5.88 Å². The average Bonchev–Trinajstić information content (AvgIpc) is 2.98. The second kappa shape index (κ2) is 6.90. The molecular formula is C18H19F2N5O2. The molecule has 0 saturated carbocycles. The van der Waals surface area contributed by atoms with Crippen molar-refractivity contribution in [3.8, 4) is 17.1 Å². The van der Waals surface area contributed by atoms with Crippen molar-refractivity contribution < 1.29 is 18.3 Å². The summed E-state index contributed by atoms with van der Waals surface area (Å²) in [6.07, 6.45) is 3.44. The number of nitrogens with zero attached hydrogens (tertiary/aromatic N) is 4. The van der Waals surface area contributed by atoms with Crippen LogP contribution >= 0.6 is 0 Å². The van der Waals surface area contributed by atoms with Gasteiger partial charge in [0.15, 0.2) is 0 Å². The maximum Gasteiger partial charge on any atom is 0.303 e. The minimum atomic E-state index is -3.21. The largest absolute Gasteiger partial charge is 0.481 e. The Hall–Kier alpha value is -3.10. The third kappa shape index (κ3) is 3.71. The van der Waals surface area contributed by atoms with E-state index in [1.54, 1.807) is 12.3 Å². The Morgan fingerprint density at radius 2 is 2.07 bits per heavy atom. The van der Waals surface area contributed by atoms with E-state index in [4.69, 9.17) is 4.74 Å². The van der Waals surface area contributed by atoms with Crippen molar-refractivity contribution in [1.82, 2.24) is 19.5 Å². The number of amides is 1. The van der Waals surface area contributed by atoms with E-state index in [0.717, 1.165) is 17.8 Å². The molecule has 0 aliphatic carbocycles. The van der Waals surface area contributed by atoms with Crippen LogP contribution in [0.2, 0.25) is 0 Å². The quantitative estimate of drug-likeness (QED) is 0.737. The Kier molecular flexibility index (Phi) is 4.77. The molecule has 0 atom stereocenters. The van der Waals surface area contributed by atoms with E-state index in [1.165, 1.54) is 20.1 Å². The zero-order chi connectivity index (χ0) is 19.8. The molecule has 1 amide bonds. The maximum atomic E-state index is 13.8. The lowest BCUT2D eigenvalue weighted by Crippen LogP contribution is -2.13. The van der Waals surface area contributed by atoms with Crippen molar-refractivity contribution in [3.63, 3.8) is 0 Å². The van der Waals surface area contributed by atoms with Gasteiger partial charge in [-0.2, -0.15) is 13.8 Å². The number of fused-ring (bicyclic) bond motifs is 1. The lowest BCUT2D eigenvalue weighted by Gasteiger charge is -2.11. The first kappa shape index (κ1) is 18.7. The van der Waals surface area contributed by atoms with Crippen molar-refractivity contribution >= 4 is 22.6 Å². The second-order valence-electron chi connectivity index (χ2n) is 6.10. The molecule has 9 heteroatoms. The topological polar surface area (TPSA) is 81.9 Å². The second-order valence-corrected chi connectivity index (χ2v) is 6.10. The number of carbonyl (C=O) groups excluding carboxylic acids is 1. The van der Waals surface area contributed by atoms with Gasteiger partial charge in [0.25, 0.3) is 0 Å². The number of carbonyl (C=O) groups is 1. The fourth-order valence-corrected chi connectivity index (χ4v) is 2.77. The number of halogens is 2. The van der Waals surface area contributed by atoms with E-state index in [0.29, 0.717) is 23.6 Å². The molecule has 27 heavy (non-hydrogen) atoms. The van der Waals surface area contributed by atoms with E-state index in [1.807, 2.05) is 17.7 Å². The highest BCUT2D eigenvalue weighted by Gasteiger charge is 2.30. The highest BCUT2D eigenvalue weighted by Crippen LogP contribution is 2.34. The van der Waals surface area contributed by atoms with Gasteiger partial charge in [-0.05, 0) is 13.0 Å². The predicted octanol–water partition coefficient (Wildman–Crippen LogP) is 3.59. The van der Waals surface area contributed by atoms with E-state index in [2.05, 4.69) is 20.3 Å². The number of ether oxygens (including phenoxy) is 1. The van der Waals surface area contributed by atoms with Crippen LogP contribution in [-0.2, 0) is 17.3 Å². The Bertz CT molecular complexity index is 1010. The van der Waals surface area contributed by atoms with Gasteiger partial charge in [-0.1, -0.05) is 0 Å². The van der Waals surface area contributed by atoms with E-state index in [-0.39, 0.29) is 11.8 Å². The number of rotatable bonds is 5. The van der Waals surface area contributed by atoms with Gasteiger partial charge >= 0.3 is 5.92 Å². The molecule has 1 N–H and O–H groups in total. The lowest BCUT2D eigenvalue weighted by molar-refractivity contribution is -0.114. The lowest BCUT2D eigenvalue weighted by atomic mass is 10.1. The standard InChI is InChI=1S/C18H19F2N5O2/c1-5-25-9-12(11-6-15(22-10(2)26)21-8-14(11)25)13-7-16(27-4)24-17(23-13)18(3,19)20/h6-9H,5H2,1-4H3,(H,21,22,26). The molecule has 0 aromatic carbocycles. The molecule has 0 spiro atoms. The van der Waals surface area contributed by atoms with Gasteiger partial charge < -0.3 is 14.6 Å². The Balaban J connectivity index is 2.25. The Morgan fingerprint density at radius 3 is 2.67 bits per heavy atom. The van der Waals surface area contributed by atoms with Gasteiger partial charge in [0, 0.05) is 43.6 Å². The first-order valence-electron chi connectivity index (χ1n) is 8.31. The highest BCUT2D eigenvalue weighted by atomic mass is 19.3. The third-order valence-corrected chi connectivity index (χ3v) is 3.99. The smallest absolute Gasteiger partial charge is 0.303 e. The highest BCUT2D eigenvalue weighted by molar-refractivity contribution is 5.98. The third-order valence-electron chi connectivity index (χ3n) is 3.99.